The Morgan fingerprint density at radius 3 is 2.25 bits per heavy atom. The molecule has 112 valence electrons. The van der Waals surface area contributed by atoms with Gasteiger partial charge in [0.05, 0.1) is 0 Å². The van der Waals surface area contributed by atoms with Crippen molar-refractivity contribution in [3.8, 4) is 0 Å². The molecule has 0 spiro atoms. The van der Waals surface area contributed by atoms with Crippen molar-refractivity contribution in [3.63, 3.8) is 0 Å². The Hall–Kier alpha value is -0.860. The highest BCUT2D eigenvalue weighted by atomic mass is 15.1. The Labute approximate surface area is 124 Å². The molecule has 1 saturated heterocycles. The maximum atomic E-state index is 5.81. The summed E-state index contributed by atoms with van der Waals surface area (Å²) in [6.45, 7) is 11.5. The minimum absolute atomic E-state index is 0.470. The third-order valence-corrected chi connectivity index (χ3v) is 4.85. The number of piperidine rings is 1. The van der Waals surface area contributed by atoms with Crippen LogP contribution in [0, 0.1) is 11.3 Å². The minimum Gasteiger partial charge on any atom is -0.326 e. The van der Waals surface area contributed by atoms with Crippen LogP contribution >= 0.6 is 0 Å². The van der Waals surface area contributed by atoms with Crippen molar-refractivity contribution in [1.29, 1.82) is 0 Å². The monoisotopic (exact) mass is 274 g/mol. The molecule has 1 aliphatic rings. The topological polar surface area (TPSA) is 29.3 Å². The van der Waals surface area contributed by atoms with Crippen molar-refractivity contribution in [3.05, 3.63) is 35.4 Å². The van der Waals surface area contributed by atoms with Gasteiger partial charge < -0.3 is 10.6 Å². The van der Waals surface area contributed by atoms with E-state index >= 15 is 0 Å². The molecule has 0 radical (unpaired) electrons. The first-order valence-corrected chi connectivity index (χ1v) is 8.00. The highest BCUT2D eigenvalue weighted by molar-refractivity contribution is 5.27. The van der Waals surface area contributed by atoms with Gasteiger partial charge in [0.2, 0.25) is 0 Å². The van der Waals surface area contributed by atoms with E-state index in [2.05, 4.69) is 49.9 Å². The average molecular weight is 274 g/mol. The van der Waals surface area contributed by atoms with Gasteiger partial charge >= 0.3 is 0 Å². The van der Waals surface area contributed by atoms with Gasteiger partial charge in [-0.1, -0.05) is 45.0 Å². The Balaban J connectivity index is 1.82. The Bertz CT molecular complexity index is 412. The van der Waals surface area contributed by atoms with E-state index in [1.54, 1.807) is 0 Å². The van der Waals surface area contributed by atoms with Gasteiger partial charge in [-0.3, -0.25) is 0 Å². The molecule has 2 N–H and O–H groups in total. The van der Waals surface area contributed by atoms with Gasteiger partial charge in [0.1, 0.15) is 0 Å². The predicted octanol–water partition coefficient (Wildman–Crippen LogP) is 3.45. The highest BCUT2D eigenvalue weighted by Gasteiger charge is 2.28. The van der Waals surface area contributed by atoms with Gasteiger partial charge in [-0.2, -0.15) is 0 Å². The summed E-state index contributed by atoms with van der Waals surface area (Å²) in [7, 11) is 0. The summed E-state index contributed by atoms with van der Waals surface area (Å²) in [5.74, 6) is 0.884. The van der Waals surface area contributed by atoms with Gasteiger partial charge in [-0.15, -0.1) is 0 Å². The molecule has 0 bridgehead atoms. The molecule has 0 aromatic heterocycles. The first kappa shape index (κ1) is 15.5. The Kier molecular flexibility index (Phi) is 5.22. The molecule has 20 heavy (non-hydrogen) atoms. The van der Waals surface area contributed by atoms with Crippen LogP contribution < -0.4 is 5.73 Å². The summed E-state index contributed by atoms with van der Waals surface area (Å²) in [6, 6.07) is 8.59. The van der Waals surface area contributed by atoms with Crippen LogP contribution in [0.1, 0.15) is 44.7 Å². The van der Waals surface area contributed by atoms with Crippen molar-refractivity contribution in [1.82, 2.24) is 4.90 Å². The zero-order valence-corrected chi connectivity index (χ0v) is 13.4. The van der Waals surface area contributed by atoms with Crippen LogP contribution in [0.3, 0.4) is 0 Å². The van der Waals surface area contributed by atoms with Crippen LogP contribution in [0.15, 0.2) is 24.3 Å². The molecule has 1 aromatic rings. The fourth-order valence-corrected chi connectivity index (χ4v) is 3.30. The molecule has 2 rings (SSSR count). The Morgan fingerprint density at radius 1 is 1.10 bits per heavy atom. The molecule has 2 heteroatoms. The number of nitrogens with two attached hydrogens (primary N) is 1. The van der Waals surface area contributed by atoms with Gasteiger partial charge in [-0.25, -0.2) is 0 Å². The first-order chi connectivity index (χ1) is 9.50. The third-order valence-electron chi connectivity index (χ3n) is 4.85. The maximum Gasteiger partial charge on any atom is 0.0180 e. The van der Waals surface area contributed by atoms with Crippen LogP contribution in [0.25, 0.3) is 0 Å². The van der Waals surface area contributed by atoms with E-state index in [-0.39, 0.29) is 0 Å². The number of hydrogen-bond acceptors (Lipinski definition) is 2. The molecular formula is C18H30N2. The second-order valence-corrected chi connectivity index (χ2v) is 7.20. The quantitative estimate of drug-likeness (QED) is 0.911. The van der Waals surface area contributed by atoms with Crippen molar-refractivity contribution >= 4 is 0 Å². The Morgan fingerprint density at radius 2 is 1.70 bits per heavy atom. The fraction of sp³-hybridized carbons (Fsp3) is 0.667. The van der Waals surface area contributed by atoms with Crippen LogP contribution in [-0.2, 0) is 13.0 Å². The van der Waals surface area contributed by atoms with Crippen molar-refractivity contribution in [2.75, 3.05) is 19.6 Å². The average Bonchev–Trinajstić information content (AvgIpc) is 2.45. The van der Waals surface area contributed by atoms with E-state index in [1.165, 1.54) is 43.6 Å². The lowest BCUT2D eigenvalue weighted by Crippen LogP contribution is -2.39. The van der Waals surface area contributed by atoms with E-state index in [0.29, 0.717) is 12.0 Å². The number of hydrogen-bond donors (Lipinski definition) is 1. The molecule has 1 heterocycles. The molecule has 0 saturated carbocycles. The molecule has 1 aliphatic heterocycles. The molecule has 0 aliphatic carbocycles. The summed E-state index contributed by atoms with van der Waals surface area (Å²) in [5.41, 5.74) is 9.01. The second kappa shape index (κ2) is 6.73. The van der Waals surface area contributed by atoms with Gasteiger partial charge in [-0.05, 0) is 54.8 Å². The molecule has 0 amide bonds. The van der Waals surface area contributed by atoms with Gasteiger partial charge in [0, 0.05) is 13.1 Å². The molecule has 1 aromatic carbocycles. The minimum atomic E-state index is 0.470. The zero-order valence-electron chi connectivity index (χ0n) is 13.4. The third kappa shape index (κ3) is 4.07. The van der Waals surface area contributed by atoms with Crippen LogP contribution in [0.4, 0.5) is 0 Å². The molecular weight excluding hydrogens is 244 g/mol. The molecule has 1 fully saturated rings. The lowest BCUT2D eigenvalue weighted by Gasteiger charge is -2.38. The van der Waals surface area contributed by atoms with E-state index in [1.807, 2.05) is 0 Å². The van der Waals surface area contributed by atoms with E-state index in [4.69, 9.17) is 5.73 Å². The maximum absolute atomic E-state index is 5.81. The smallest absolute Gasteiger partial charge is 0.0180 e. The summed E-state index contributed by atoms with van der Waals surface area (Å²) >= 11 is 0. The summed E-state index contributed by atoms with van der Waals surface area (Å²) in [5, 5.41) is 0. The molecule has 2 nitrogen and oxygen atoms in total. The predicted molar refractivity (Wildman–Crippen MR) is 86.7 cm³/mol. The van der Waals surface area contributed by atoms with Crippen molar-refractivity contribution < 1.29 is 0 Å². The van der Waals surface area contributed by atoms with Crippen LogP contribution in [-0.4, -0.2) is 24.5 Å². The van der Waals surface area contributed by atoms with E-state index in [9.17, 15) is 0 Å². The van der Waals surface area contributed by atoms with Gasteiger partial charge in [0.15, 0.2) is 0 Å². The van der Waals surface area contributed by atoms with Crippen molar-refractivity contribution in [2.45, 2.75) is 46.6 Å². The second-order valence-electron chi connectivity index (χ2n) is 7.20. The SMILES string of the molecule is CC(C)(C)C1CCN(CCc2ccccc2CN)CC1. The standard InChI is InChI=1S/C18H30N2/c1-18(2,3)17-9-12-20(13-10-17)11-8-15-6-4-5-7-16(15)14-19/h4-7,17H,8-14,19H2,1-3H3. The first-order valence-electron chi connectivity index (χ1n) is 8.00. The molecule has 0 atom stereocenters. The van der Waals surface area contributed by atoms with Crippen LogP contribution in [0.2, 0.25) is 0 Å². The zero-order chi connectivity index (χ0) is 14.6. The lowest BCUT2D eigenvalue weighted by atomic mass is 9.75. The van der Waals surface area contributed by atoms with Gasteiger partial charge in [0.25, 0.3) is 0 Å². The largest absolute Gasteiger partial charge is 0.326 e. The normalized spacial score (nSPS) is 18.4. The van der Waals surface area contributed by atoms with E-state index < -0.39 is 0 Å². The lowest BCUT2D eigenvalue weighted by molar-refractivity contribution is 0.113. The number of nitrogens with zero attached hydrogens (tertiary/aromatic N) is 1. The number of likely N-dealkylation sites (tertiary alicyclic amines) is 1. The summed E-state index contributed by atoms with van der Waals surface area (Å²) in [6.07, 6.45) is 3.83. The van der Waals surface area contributed by atoms with E-state index in [0.717, 1.165) is 12.3 Å². The van der Waals surface area contributed by atoms with Crippen LogP contribution in [0.5, 0.6) is 0 Å². The summed E-state index contributed by atoms with van der Waals surface area (Å²) < 4.78 is 0. The van der Waals surface area contributed by atoms with Crippen molar-refractivity contribution in [2.24, 2.45) is 17.1 Å². The number of benzene rings is 1. The number of rotatable bonds is 4. The highest BCUT2D eigenvalue weighted by Crippen LogP contribution is 2.34. The molecule has 0 unspecified atom stereocenters. The summed E-state index contributed by atoms with van der Waals surface area (Å²) in [4.78, 5) is 2.62. The fourth-order valence-electron chi connectivity index (χ4n) is 3.30.